The third kappa shape index (κ3) is 3.00. The number of aromatic nitrogens is 1. The maximum Gasteiger partial charge on any atom is 0.236 e. The summed E-state index contributed by atoms with van der Waals surface area (Å²) in [7, 11) is 0. The van der Waals surface area contributed by atoms with E-state index in [0.29, 0.717) is 6.54 Å². The zero-order chi connectivity index (χ0) is 12.1. The molecule has 1 aliphatic heterocycles. The Balaban J connectivity index is 1.89. The number of piperidine rings is 1. The molecule has 5 heteroatoms. The third-order valence-corrected chi connectivity index (χ3v) is 2.97. The number of anilines is 1. The van der Waals surface area contributed by atoms with Crippen molar-refractivity contribution in [3.05, 3.63) is 18.5 Å². The smallest absolute Gasteiger partial charge is 0.236 e. The van der Waals surface area contributed by atoms with Crippen molar-refractivity contribution in [1.82, 2.24) is 9.88 Å². The predicted molar refractivity (Wildman–Crippen MR) is 64.2 cm³/mol. The minimum atomic E-state index is -0.0620. The Hall–Kier alpha value is -1.96. The van der Waals surface area contributed by atoms with Gasteiger partial charge in [0.25, 0.3) is 0 Å². The fraction of sp³-hybridized carbons (Fsp3) is 0.500. The number of carbonyl (C=O) groups excluding carboxylic acids is 1. The Morgan fingerprint density at radius 1 is 1.71 bits per heavy atom. The Morgan fingerprint density at radius 2 is 2.59 bits per heavy atom. The van der Waals surface area contributed by atoms with Crippen molar-refractivity contribution >= 4 is 11.6 Å². The molecule has 17 heavy (non-hydrogen) atoms. The summed E-state index contributed by atoms with van der Waals surface area (Å²) in [6.45, 7) is 1.46. The van der Waals surface area contributed by atoms with Crippen molar-refractivity contribution in [3.8, 4) is 6.07 Å². The second-order valence-electron chi connectivity index (χ2n) is 4.26. The maximum absolute atomic E-state index is 11.6. The molecule has 1 aromatic rings. The SMILES string of the molecule is N#CCC(=O)N1CCC[C@@H](Nc2cc[nH]c2)C1. The highest BCUT2D eigenvalue weighted by Crippen LogP contribution is 2.16. The number of hydrogen-bond donors (Lipinski definition) is 2. The van der Waals surface area contributed by atoms with Crippen LogP contribution in [0.2, 0.25) is 0 Å². The Bertz CT molecular complexity index is 407. The van der Waals surface area contributed by atoms with Crippen molar-refractivity contribution in [3.63, 3.8) is 0 Å². The summed E-state index contributed by atoms with van der Waals surface area (Å²) in [5, 5.41) is 11.9. The van der Waals surface area contributed by atoms with Crippen LogP contribution in [-0.4, -0.2) is 34.9 Å². The molecule has 1 amide bonds. The van der Waals surface area contributed by atoms with E-state index in [2.05, 4.69) is 10.3 Å². The zero-order valence-electron chi connectivity index (χ0n) is 9.65. The fourth-order valence-electron chi connectivity index (χ4n) is 2.15. The normalized spacial score (nSPS) is 19.7. The van der Waals surface area contributed by atoms with Crippen LogP contribution in [0.1, 0.15) is 19.3 Å². The first-order valence-electron chi connectivity index (χ1n) is 5.83. The highest BCUT2D eigenvalue weighted by atomic mass is 16.2. The van der Waals surface area contributed by atoms with Crippen LogP contribution in [0.15, 0.2) is 18.5 Å². The second-order valence-corrected chi connectivity index (χ2v) is 4.26. The van der Waals surface area contributed by atoms with Gasteiger partial charge in [0.1, 0.15) is 6.42 Å². The second kappa shape index (κ2) is 5.39. The number of nitrogens with one attached hydrogen (secondary N) is 2. The van der Waals surface area contributed by atoms with E-state index in [1.54, 1.807) is 4.90 Å². The molecular formula is C12H16N4O. The van der Waals surface area contributed by atoms with Gasteiger partial charge in [0.2, 0.25) is 5.91 Å². The highest BCUT2D eigenvalue weighted by molar-refractivity contribution is 5.78. The van der Waals surface area contributed by atoms with Crippen LogP contribution in [0.5, 0.6) is 0 Å². The molecule has 1 saturated heterocycles. The van der Waals surface area contributed by atoms with Gasteiger partial charge in [-0.15, -0.1) is 0 Å². The van der Waals surface area contributed by atoms with Crippen LogP contribution in [0.25, 0.3) is 0 Å². The molecule has 1 atom stereocenters. The summed E-state index contributed by atoms with van der Waals surface area (Å²) >= 11 is 0. The first kappa shape index (κ1) is 11.5. The summed E-state index contributed by atoms with van der Waals surface area (Å²) in [5.41, 5.74) is 1.05. The minimum absolute atomic E-state index is 0.0170. The van der Waals surface area contributed by atoms with Gasteiger partial charge in [-0.3, -0.25) is 4.79 Å². The van der Waals surface area contributed by atoms with E-state index in [0.717, 1.165) is 25.1 Å². The van der Waals surface area contributed by atoms with E-state index in [9.17, 15) is 4.79 Å². The van der Waals surface area contributed by atoms with Crippen LogP contribution >= 0.6 is 0 Å². The molecule has 2 N–H and O–H groups in total. The lowest BCUT2D eigenvalue weighted by molar-refractivity contribution is -0.131. The Labute approximate surface area is 100 Å². The van der Waals surface area contributed by atoms with Crippen molar-refractivity contribution < 1.29 is 4.79 Å². The number of likely N-dealkylation sites (tertiary alicyclic amines) is 1. The third-order valence-electron chi connectivity index (χ3n) is 2.97. The summed E-state index contributed by atoms with van der Waals surface area (Å²) in [6.07, 6.45) is 5.79. The van der Waals surface area contributed by atoms with Crippen LogP contribution in [0, 0.1) is 11.3 Å². The van der Waals surface area contributed by atoms with Crippen LogP contribution in [0.3, 0.4) is 0 Å². The van der Waals surface area contributed by atoms with Crippen molar-refractivity contribution in [2.24, 2.45) is 0 Å². The summed E-state index contributed by atoms with van der Waals surface area (Å²) in [6, 6.07) is 4.16. The Morgan fingerprint density at radius 3 is 3.29 bits per heavy atom. The summed E-state index contributed by atoms with van der Waals surface area (Å²) in [5.74, 6) is -0.0620. The molecule has 0 radical (unpaired) electrons. The summed E-state index contributed by atoms with van der Waals surface area (Å²) in [4.78, 5) is 16.4. The van der Waals surface area contributed by atoms with Gasteiger partial charge in [-0.2, -0.15) is 5.26 Å². The molecule has 1 aromatic heterocycles. The number of rotatable bonds is 3. The quantitative estimate of drug-likeness (QED) is 0.825. The van der Waals surface area contributed by atoms with Crippen LogP contribution < -0.4 is 5.32 Å². The largest absolute Gasteiger partial charge is 0.379 e. The highest BCUT2D eigenvalue weighted by Gasteiger charge is 2.23. The van der Waals surface area contributed by atoms with E-state index in [4.69, 9.17) is 5.26 Å². The van der Waals surface area contributed by atoms with Gasteiger partial charge in [0.15, 0.2) is 0 Å². The first-order chi connectivity index (χ1) is 8.29. The fourth-order valence-corrected chi connectivity index (χ4v) is 2.15. The molecule has 0 saturated carbocycles. The van der Waals surface area contributed by atoms with Crippen LogP contribution in [-0.2, 0) is 4.79 Å². The Kier molecular flexibility index (Phi) is 3.66. The zero-order valence-corrected chi connectivity index (χ0v) is 9.65. The molecule has 0 aliphatic carbocycles. The lowest BCUT2D eigenvalue weighted by Crippen LogP contribution is -2.44. The van der Waals surface area contributed by atoms with Gasteiger partial charge < -0.3 is 15.2 Å². The summed E-state index contributed by atoms with van der Waals surface area (Å²) < 4.78 is 0. The molecular weight excluding hydrogens is 216 g/mol. The number of aromatic amines is 1. The van der Waals surface area contributed by atoms with E-state index < -0.39 is 0 Å². The first-order valence-corrected chi connectivity index (χ1v) is 5.83. The number of amides is 1. The number of H-pyrrole nitrogens is 1. The van der Waals surface area contributed by atoms with Crippen molar-refractivity contribution in [1.29, 1.82) is 5.26 Å². The van der Waals surface area contributed by atoms with Gasteiger partial charge in [-0.05, 0) is 18.9 Å². The average Bonchev–Trinajstić information content (AvgIpc) is 2.82. The van der Waals surface area contributed by atoms with E-state index in [1.165, 1.54) is 0 Å². The molecule has 1 fully saturated rings. The molecule has 5 nitrogen and oxygen atoms in total. The van der Waals surface area contributed by atoms with E-state index in [-0.39, 0.29) is 18.4 Å². The molecule has 0 bridgehead atoms. The number of carbonyl (C=O) groups is 1. The lowest BCUT2D eigenvalue weighted by atomic mass is 10.1. The van der Waals surface area contributed by atoms with Gasteiger partial charge in [-0.1, -0.05) is 0 Å². The number of nitriles is 1. The number of hydrogen-bond acceptors (Lipinski definition) is 3. The molecule has 2 rings (SSSR count). The topological polar surface area (TPSA) is 71.9 Å². The van der Waals surface area contributed by atoms with E-state index >= 15 is 0 Å². The van der Waals surface area contributed by atoms with Gasteiger partial charge >= 0.3 is 0 Å². The van der Waals surface area contributed by atoms with E-state index in [1.807, 2.05) is 24.5 Å². The minimum Gasteiger partial charge on any atom is -0.379 e. The van der Waals surface area contributed by atoms with Gasteiger partial charge in [-0.25, -0.2) is 0 Å². The maximum atomic E-state index is 11.6. The lowest BCUT2D eigenvalue weighted by Gasteiger charge is -2.33. The molecule has 1 aliphatic rings. The standard InChI is InChI=1S/C12H16N4O/c13-5-3-12(17)16-7-1-2-11(9-16)15-10-4-6-14-8-10/h4,6,8,11,14-15H,1-3,7,9H2/t11-/m1/s1. The molecule has 0 unspecified atom stereocenters. The van der Waals surface area contributed by atoms with Crippen molar-refractivity contribution in [2.75, 3.05) is 18.4 Å². The van der Waals surface area contributed by atoms with Crippen LogP contribution in [0.4, 0.5) is 5.69 Å². The van der Waals surface area contributed by atoms with Gasteiger partial charge in [0, 0.05) is 31.5 Å². The molecule has 0 spiro atoms. The number of nitrogens with zero attached hydrogens (tertiary/aromatic N) is 2. The molecule has 90 valence electrons. The molecule has 0 aromatic carbocycles. The molecule has 2 heterocycles. The predicted octanol–water partition coefficient (Wildman–Crippen LogP) is 1.33. The van der Waals surface area contributed by atoms with Crippen molar-refractivity contribution in [2.45, 2.75) is 25.3 Å². The average molecular weight is 232 g/mol. The monoisotopic (exact) mass is 232 g/mol. The van der Waals surface area contributed by atoms with Gasteiger partial charge in [0.05, 0.1) is 11.8 Å².